The van der Waals surface area contributed by atoms with E-state index in [9.17, 15) is 18.0 Å². The topological polar surface area (TPSA) is 54.0 Å². The maximum atomic E-state index is 13.5. The standard InChI is InChI=1S/C17H14F3N3OS/c18-10-8-9-12(17(20)16(10)19)22-23-14(24)6-3-7-15-21-11-4-1-2-5-13(11)25-15/h1-2,4-5,8-9,22H,3,6-7H2,(H,23,24). The van der Waals surface area contributed by atoms with Gasteiger partial charge in [0, 0.05) is 6.42 Å². The van der Waals surface area contributed by atoms with E-state index in [-0.39, 0.29) is 18.0 Å². The van der Waals surface area contributed by atoms with Crippen molar-refractivity contribution in [3.05, 3.63) is 58.9 Å². The molecular formula is C17H14F3N3OS. The Hall–Kier alpha value is -2.61. The van der Waals surface area contributed by atoms with Gasteiger partial charge in [0.15, 0.2) is 17.5 Å². The first kappa shape index (κ1) is 17.2. The number of anilines is 1. The fourth-order valence-electron chi connectivity index (χ4n) is 2.25. The number of benzene rings is 2. The Kier molecular flexibility index (Phi) is 5.18. The Balaban J connectivity index is 1.47. The molecule has 25 heavy (non-hydrogen) atoms. The van der Waals surface area contributed by atoms with Crippen LogP contribution < -0.4 is 10.9 Å². The van der Waals surface area contributed by atoms with E-state index in [0.29, 0.717) is 12.8 Å². The number of para-hydroxylation sites is 1. The first-order chi connectivity index (χ1) is 12.0. The molecule has 0 fully saturated rings. The van der Waals surface area contributed by atoms with Crippen LogP contribution in [0.15, 0.2) is 36.4 Å². The van der Waals surface area contributed by atoms with E-state index in [1.807, 2.05) is 24.3 Å². The van der Waals surface area contributed by atoms with Crippen molar-refractivity contribution in [3.63, 3.8) is 0 Å². The van der Waals surface area contributed by atoms with Gasteiger partial charge in [0.1, 0.15) is 0 Å². The van der Waals surface area contributed by atoms with E-state index in [1.165, 1.54) is 0 Å². The highest BCUT2D eigenvalue weighted by Gasteiger charge is 2.13. The van der Waals surface area contributed by atoms with Gasteiger partial charge in [-0.1, -0.05) is 12.1 Å². The van der Waals surface area contributed by atoms with E-state index in [2.05, 4.69) is 15.8 Å². The second kappa shape index (κ2) is 7.52. The molecule has 130 valence electrons. The number of hydrazine groups is 1. The molecule has 0 bridgehead atoms. The first-order valence-electron chi connectivity index (χ1n) is 7.57. The monoisotopic (exact) mass is 365 g/mol. The van der Waals surface area contributed by atoms with Gasteiger partial charge in [0.25, 0.3) is 0 Å². The summed E-state index contributed by atoms with van der Waals surface area (Å²) in [5.74, 6) is -4.64. The number of carbonyl (C=O) groups excluding carboxylic acids is 1. The summed E-state index contributed by atoms with van der Waals surface area (Å²) >= 11 is 1.58. The van der Waals surface area contributed by atoms with Gasteiger partial charge in [-0.25, -0.2) is 18.2 Å². The van der Waals surface area contributed by atoms with Crippen LogP contribution in [0.1, 0.15) is 17.8 Å². The number of nitrogens with one attached hydrogen (secondary N) is 2. The molecule has 0 saturated heterocycles. The molecule has 1 aromatic heterocycles. The van der Waals surface area contributed by atoms with Gasteiger partial charge in [-0.15, -0.1) is 11.3 Å². The number of carbonyl (C=O) groups is 1. The summed E-state index contributed by atoms with van der Waals surface area (Å²) in [6.45, 7) is 0. The van der Waals surface area contributed by atoms with E-state index < -0.39 is 17.5 Å². The molecule has 0 spiro atoms. The molecule has 0 aliphatic rings. The lowest BCUT2D eigenvalue weighted by atomic mass is 10.2. The number of halogens is 3. The fraction of sp³-hybridized carbons (Fsp3) is 0.176. The quantitative estimate of drug-likeness (QED) is 0.509. The lowest BCUT2D eigenvalue weighted by Crippen LogP contribution is -2.29. The average Bonchev–Trinajstić information content (AvgIpc) is 3.02. The Morgan fingerprint density at radius 1 is 1.08 bits per heavy atom. The Labute approximate surface area is 145 Å². The van der Waals surface area contributed by atoms with E-state index in [4.69, 9.17) is 0 Å². The van der Waals surface area contributed by atoms with Crippen molar-refractivity contribution in [1.82, 2.24) is 10.4 Å². The zero-order valence-corrected chi connectivity index (χ0v) is 13.8. The Morgan fingerprint density at radius 3 is 2.68 bits per heavy atom. The molecule has 3 rings (SSSR count). The summed E-state index contributed by atoms with van der Waals surface area (Å²) in [6.07, 6.45) is 1.40. The number of aryl methyl sites for hydroxylation is 1. The van der Waals surface area contributed by atoms with E-state index in [0.717, 1.165) is 27.4 Å². The van der Waals surface area contributed by atoms with Crippen molar-refractivity contribution in [2.75, 3.05) is 5.43 Å². The molecule has 0 aliphatic carbocycles. The largest absolute Gasteiger partial charge is 0.296 e. The van der Waals surface area contributed by atoms with Crippen LogP contribution in [0.5, 0.6) is 0 Å². The Bertz CT molecular complexity index is 880. The molecule has 1 amide bonds. The second-order valence-electron chi connectivity index (χ2n) is 5.32. The summed E-state index contributed by atoms with van der Waals surface area (Å²) in [7, 11) is 0. The second-order valence-corrected chi connectivity index (χ2v) is 6.44. The minimum Gasteiger partial charge on any atom is -0.296 e. The summed E-state index contributed by atoms with van der Waals surface area (Å²) < 4.78 is 40.5. The van der Waals surface area contributed by atoms with Crippen molar-refractivity contribution in [2.24, 2.45) is 0 Å². The van der Waals surface area contributed by atoms with Crippen LogP contribution in [0.4, 0.5) is 18.9 Å². The lowest BCUT2D eigenvalue weighted by Gasteiger charge is -2.09. The van der Waals surface area contributed by atoms with Crippen molar-refractivity contribution in [3.8, 4) is 0 Å². The SMILES string of the molecule is O=C(CCCc1nc2ccccc2s1)NNc1ccc(F)c(F)c1F. The summed E-state index contributed by atoms with van der Waals surface area (Å²) in [5, 5.41) is 0.939. The molecule has 0 aliphatic heterocycles. The number of rotatable bonds is 6. The van der Waals surface area contributed by atoms with Gasteiger partial charge in [-0.05, 0) is 37.1 Å². The number of aromatic nitrogens is 1. The van der Waals surface area contributed by atoms with Crippen molar-refractivity contribution in [2.45, 2.75) is 19.3 Å². The molecular weight excluding hydrogens is 351 g/mol. The zero-order valence-electron chi connectivity index (χ0n) is 13.0. The maximum Gasteiger partial charge on any atom is 0.238 e. The van der Waals surface area contributed by atoms with Gasteiger partial charge in [-0.2, -0.15) is 0 Å². The molecule has 4 nitrogen and oxygen atoms in total. The summed E-state index contributed by atoms with van der Waals surface area (Å²) in [4.78, 5) is 16.2. The van der Waals surface area contributed by atoms with Gasteiger partial charge in [0.2, 0.25) is 5.91 Å². The number of hydrogen-bond acceptors (Lipinski definition) is 4. The molecule has 2 aromatic carbocycles. The molecule has 2 N–H and O–H groups in total. The van der Waals surface area contributed by atoms with Crippen LogP contribution >= 0.6 is 11.3 Å². The predicted octanol–water partition coefficient (Wildman–Crippen LogP) is 4.18. The summed E-state index contributed by atoms with van der Waals surface area (Å²) in [5.41, 5.74) is 5.12. The smallest absolute Gasteiger partial charge is 0.238 e. The molecule has 0 radical (unpaired) electrons. The number of amides is 1. The Morgan fingerprint density at radius 2 is 1.88 bits per heavy atom. The van der Waals surface area contributed by atoms with E-state index in [1.54, 1.807) is 11.3 Å². The van der Waals surface area contributed by atoms with Crippen LogP contribution in [-0.2, 0) is 11.2 Å². The molecule has 0 unspecified atom stereocenters. The molecule has 0 saturated carbocycles. The van der Waals surface area contributed by atoms with Crippen LogP contribution in [0.3, 0.4) is 0 Å². The molecule has 3 aromatic rings. The van der Waals surface area contributed by atoms with Crippen LogP contribution in [0.25, 0.3) is 10.2 Å². The minimum atomic E-state index is -1.59. The third kappa shape index (κ3) is 4.08. The van der Waals surface area contributed by atoms with Gasteiger partial charge in [0.05, 0.1) is 20.9 Å². The lowest BCUT2D eigenvalue weighted by molar-refractivity contribution is -0.120. The highest BCUT2D eigenvalue weighted by atomic mass is 32.1. The number of hydrogen-bond donors (Lipinski definition) is 2. The van der Waals surface area contributed by atoms with Crippen LogP contribution in [0.2, 0.25) is 0 Å². The van der Waals surface area contributed by atoms with E-state index >= 15 is 0 Å². The fourth-order valence-corrected chi connectivity index (χ4v) is 3.26. The first-order valence-corrected chi connectivity index (χ1v) is 8.39. The van der Waals surface area contributed by atoms with Gasteiger partial charge >= 0.3 is 0 Å². The van der Waals surface area contributed by atoms with Crippen LogP contribution in [-0.4, -0.2) is 10.9 Å². The highest BCUT2D eigenvalue weighted by molar-refractivity contribution is 7.18. The normalized spacial score (nSPS) is 10.8. The molecule has 8 heteroatoms. The highest BCUT2D eigenvalue weighted by Crippen LogP contribution is 2.23. The van der Waals surface area contributed by atoms with Gasteiger partial charge < -0.3 is 0 Å². The van der Waals surface area contributed by atoms with Crippen molar-refractivity contribution < 1.29 is 18.0 Å². The van der Waals surface area contributed by atoms with Crippen molar-refractivity contribution in [1.29, 1.82) is 0 Å². The summed E-state index contributed by atoms with van der Waals surface area (Å²) in [6, 6.07) is 9.57. The zero-order chi connectivity index (χ0) is 17.8. The predicted molar refractivity (Wildman–Crippen MR) is 90.6 cm³/mol. The third-order valence-electron chi connectivity index (χ3n) is 3.50. The minimum absolute atomic E-state index is 0.189. The van der Waals surface area contributed by atoms with Crippen molar-refractivity contribution >= 4 is 33.1 Å². The maximum absolute atomic E-state index is 13.5. The number of nitrogens with zero attached hydrogens (tertiary/aromatic N) is 1. The van der Waals surface area contributed by atoms with Crippen LogP contribution in [0, 0.1) is 17.5 Å². The average molecular weight is 365 g/mol. The number of thiazole rings is 1. The molecule has 1 heterocycles. The third-order valence-corrected chi connectivity index (χ3v) is 4.60. The van der Waals surface area contributed by atoms with Gasteiger partial charge in [-0.3, -0.25) is 15.6 Å². The number of fused-ring (bicyclic) bond motifs is 1. The molecule has 0 atom stereocenters.